The lowest BCUT2D eigenvalue weighted by molar-refractivity contribution is 0.104. The van der Waals surface area contributed by atoms with Crippen molar-refractivity contribution in [3.8, 4) is 23.0 Å². The average molecular weight is 571 g/mol. The summed E-state index contributed by atoms with van der Waals surface area (Å²) >= 11 is 0. The Bertz CT molecular complexity index is 1610. The molecule has 0 unspecified atom stereocenters. The van der Waals surface area contributed by atoms with Gasteiger partial charge in [0.2, 0.25) is 5.75 Å². The maximum atomic E-state index is 13.2. The average Bonchev–Trinajstić information content (AvgIpc) is 3.02. The smallest absolute Gasteiger partial charge is 0.203 e. The van der Waals surface area contributed by atoms with Crippen molar-refractivity contribution in [2.45, 2.75) is 33.7 Å². The summed E-state index contributed by atoms with van der Waals surface area (Å²) in [5.74, 6) is 1.14. The van der Waals surface area contributed by atoms with Crippen molar-refractivity contribution in [3.63, 3.8) is 0 Å². The number of ether oxygens (including phenoxy) is 3. The first-order valence-corrected chi connectivity index (χ1v) is 14.2. The second-order valence-electron chi connectivity index (χ2n) is 10.3. The lowest BCUT2D eigenvalue weighted by Crippen LogP contribution is -2.05. The van der Waals surface area contributed by atoms with Crippen LogP contribution in [0.3, 0.4) is 0 Å². The van der Waals surface area contributed by atoms with Crippen LogP contribution in [0.4, 0.5) is 0 Å². The zero-order chi connectivity index (χ0) is 30.0. The fraction of sp³-hybridized carbons (Fsp3) is 0.132. The van der Waals surface area contributed by atoms with Crippen LogP contribution in [-0.2, 0) is 19.8 Å². The van der Waals surface area contributed by atoms with Gasteiger partial charge in [-0.25, -0.2) is 0 Å². The summed E-state index contributed by atoms with van der Waals surface area (Å²) in [5, 5.41) is 10.5. The number of carbonyl (C=O) groups excluding carboxylic acids is 1. The second-order valence-corrected chi connectivity index (χ2v) is 10.3. The van der Waals surface area contributed by atoms with Crippen LogP contribution in [0.15, 0.2) is 121 Å². The first-order valence-electron chi connectivity index (χ1n) is 14.2. The summed E-state index contributed by atoms with van der Waals surface area (Å²) in [6.07, 6.45) is 3.16. The van der Waals surface area contributed by atoms with E-state index < -0.39 is 0 Å². The number of aromatic hydroxyl groups is 1. The van der Waals surface area contributed by atoms with Crippen LogP contribution in [0.5, 0.6) is 23.0 Å². The minimum Gasteiger partial charge on any atom is -0.507 e. The first-order chi connectivity index (χ1) is 21.0. The summed E-state index contributed by atoms with van der Waals surface area (Å²) in [4.78, 5) is 13.2. The molecule has 0 amide bonds. The molecule has 0 bridgehead atoms. The van der Waals surface area contributed by atoms with Gasteiger partial charge in [-0.2, -0.15) is 0 Å². The van der Waals surface area contributed by atoms with Crippen LogP contribution in [0, 0.1) is 13.8 Å². The highest BCUT2D eigenvalue weighted by Crippen LogP contribution is 2.41. The van der Waals surface area contributed by atoms with Gasteiger partial charge >= 0.3 is 0 Å². The molecular formula is C38H34O5. The number of aryl methyl sites for hydroxylation is 2. The van der Waals surface area contributed by atoms with Crippen molar-refractivity contribution in [1.82, 2.24) is 0 Å². The van der Waals surface area contributed by atoms with E-state index >= 15 is 0 Å². The van der Waals surface area contributed by atoms with E-state index in [4.69, 9.17) is 14.2 Å². The molecule has 0 aliphatic rings. The van der Waals surface area contributed by atoms with Gasteiger partial charge < -0.3 is 19.3 Å². The predicted molar refractivity (Wildman–Crippen MR) is 170 cm³/mol. The number of carbonyl (C=O) groups is 1. The van der Waals surface area contributed by atoms with Gasteiger partial charge in [0.25, 0.3) is 0 Å². The molecule has 0 aliphatic carbocycles. The second kappa shape index (κ2) is 14.1. The van der Waals surface area contributed by atoms with Crippen LogP contribution in [0.1, 0.15) is 43.7 Å². The van der Waals surface area contributed by atoms with Crippen molar-refractivity contribution < 1.29 is 24.1 Å². The van der Waals surface area contributed by atoms with E-state index in [0.29, 0.717) is 42.6 Å². The number of rotatable bonds is 12. The molecule has 5 aromatic rings. The molecule has 0 fully saturated rings. The van der Waals surface area contributed by atoms with Crippen molar-refractivity contribution in [2.24, 2.45) is 0 Å². The van der Waals surface area contributed by atoms with Gasteiger partial charge in [-0.1, -0.05) is 103 Å². The van der Waals surface area contributed by atoms with Crippen molar-refractivity contribution >= 4 is 11.9 Å². The Hall–Kier alpha value is -5.29. The van der Waals surface area contributed by atoms with Gasteiger partial charge in [-0.05, 0) is 71.5 Å². The molecule has 5 nitrogen and oxygen atoms in total. The Morgan fingerprint density at radius 3 is 1.58 bits per heavy atom. The van der Waals surface area contributed by atoms with Crippen LogP contribution in [-0.4, -0.2) is 10.9 Å². The van der Waals surface area contributed by atoms with Crippen molar-refractivity contribution in [2.75, 3.05) is 0 Å². The van der Waals surface area contributed by atoms with Crippen LogP contribution < -0.4 is 14.2 Å². The minimum absolute atomic E-state index is 0.0319. The van der Waals surface area contributed by atoms with Crippen LogP contribution in [0.2, 0.25) is 0 Å². The Morgan fingerprint density at radius 1 is 0.651 bits per heavy atom. The molecule has 0 aliphatic heterocycles. The molecule has 0 aromatic heterocycles. The van der Waals surface area contributed by atoms with Crippen molar-refractivity contribution in [3.05, 3.63) is 160 Å². The number of hydrogen-bond donors (Lipinski definition) is 1. The van der Waals surface area contributed by atoms with Crippen LogP contribution >= 0.6 is 0 Å². The van der Waals surface area contributed by atoms with Gasteiger partial charge in [0.05, 0.1) is 5.56 Å². The third kappa shape index (κ3) is 7.92. The molecular weight excluding hydrogens is 536 g/mol. The number of ketones is 1. The highest BCUT2D eigenvalue weighted by Gasteiger charge is 2.17. The fourth-order valence-corrected chi connectivity index (χ4v) is 4.77. The molecule has 0 radical (unpaired) electrons. The van der Waals surface area contributed by atoms with E-state index in [1.165, 1.54) is 6.08 Å². The Morgan fingerprint density at radius 2 is 1.12 bits per heavy atom. The topological polar surface area (TPSA) is 65.0 Å². The quantitative estimate of drug-likeness (QED) is 0.120. The van der Waals surface area contributed by atoms with E-state index in [0.717, 1.165) is 27.8 Å². The van der Waals surface area contributed by atoms with Gasteiger partial charge in [0.15, 0.2) is 17.3 Å². The lowest BCUT2D eigenvalue weighted by Gasteiger charge is -2.18. The maximum Gasteiger partial charge on any atom is 0.203 e. The van der Waals surface area contributed by atoms with Gasteiger partial charge in [-0.15, -0.1) is 0 Å². The standard InChI is InChI=1S/C38H34O5/c1-27-20-28(2)37(34(40)21-27)33(39)19-18-32-22-35(41-24-29-12-6-3-7-13-29)38(43-26-31-16-10-5-11-17-31)36(23-32)42-25-30-14-8-4-9-15-30/h3-23,40H,24-26H2,1-2H3/b19-18+. The monoisotopic (exact) mass is 570 g/mol. The number of phenols is 1. The third-order valence-corrected chi connectivity index (χ3v) is 6.88. The number of allylic oxidation sites excluding steroid dienone is 1. The van der Waals surface area contributed by atoms with Crippen LogP contribution in [0.25, 0.3) is 6.08 Å². The largest absolute Gasteiger partial charge is 0.507 e. The highest BCUT2D eigenvalue weighted by atomic mass is 16.5. The minimum atomic E-state index is -0.294. The molecule has 0 atom stereocenters. The normalized spacial score (nSPS) is 10.9. The number of phenolic OH excluding ortho intramolecular Hbond substituents is 1. The van der Waals surface area contributed by atoms with E-state index in [1.54, 1.807) is 12.1 Å². The molecule has 0 saturated heterocycles. The molecule has 43 heavy (non-hydrogen) atoms. The molecule has 0 heterocycles. The number of hydrogen-bond acceptors (Lipinski definition) is 5. The third-order valence-electron chi connectivity index (χ3n) is 6.88. The molecule has 5 heteroatoms. The Kier molecular flexibility index (Phi) is 9.55. The summed E-state index contributed by atoms with van der Waals surface area (Å²) in [6.45, 7) is 4.67. The summed E-state index contributed by atoms with van der Waals surface area (Å²) in [7, 11) is 0. The Labute approximate surface area is 252 Å². The molecule has 0 spiro atoms. The number of benzene rings is 5. The zero-order valence-electron chi connectivity index (χ0n) is 24.3. The SMILES string of the molecule is Cc1cc(C)c(C(=O)/C=C/c2cc(OCc3ccccc3)c(OCc3ccccc3)c(OCc3ccccc3)c2)c(O)c1. The molecule has 216 valence electrons. The maximum absolute atomic E-state index is 13.2. The van der Waals surface area contributed by atoms with Crippen molar-refractivity contribution in [1.29, 1.82) is 0 Å². The van der Waals surface area contributed by atoms with Gasteiger partial charge in [0, 0.05) is 0 Å². The summed E-state index contributed by atoms with van der Waals surface area (Å²) in [5.41, 5.74) is 5.60. The highest BCUT2D eigenvalue weighted by molar-refractivity contribution is 6.09. The van der Waals surface area contributed by atoms with E-state index in [2.05, 4.69) is 0 Å². The molecule has 0 saturated carbocycles. The van der Waals surface area contributed by atoms with E-state index in [1.807, 2.05) is 123 Å². The predicted octanol–water partition coefficient (Wildman–Crippen LogP) is 8.64. The Balaban J connectivity index is 1.51. The zero-order valence-corrected chi connectivity index (χ0v) is 24.3. The fourth-order valence-electron chi connectivity index (χ4n) is 4.77. The van der Waals surface area contributed by atoms with Gasteiger partial charge in [-0.3, -0.25) is 4.79 Å². The van der Waals surface area contributed by atoms with E-state index in [9.17, 15) is 9.90 Å². The molecule has 1 N–H and O–H groups in total. The first kappa shape index (κ1) is 29.2. The van der Waals surface area contributed by atoms with E-state index in [-0.39, 0.29) is 17.1 Å². The lowest BCUT2D eigenvalue weighted by atomic mass is 10.00. The summed E-state index contributed by atoms with van der Waals surface area (Å²) in [6, 6.07) is 36.8. The molecule has 5 aromatic carbocycles. The van der Waals surface area contributed by atoms with Gasteiger partial charge in [0.1, 0.15) is 25.6 Å². The summed E-state index contributed by atoms with van der Waals surface area (Å²) < 4.78 is 19.0. The molecule has 5 rings (SSSR count).